The molecular formula is C13H22N2O4S. The van der Waals surface area contributed by atoms with Crippen LogP contribution in [-0.2, 0) is 14.4 Å². The molecule has 1 saturated heterocycles. The molecule has 0 aromatic rings. The Labute approximate surface area is 123 Å². The predicted molar refractivity (Wildman–Crippen MR) is 77.3 cm³/mol. The van der Waals surface area contributed by atoms with E-state index in [2.05, 4.69) is 5.32 Å². The van der Waals surface area contributed by atoms with Crippen molar-refractivity contribution < 1.29 is 19.5 Å². The fraction of sp³-hybridized carbons (Fsp3) is 0.769. The molecule has 0 bridgehead atoms. The highest BCUT2D eigenvalue weighted by Gasteiger charge is 2.40. The molecule has 0 spiro atoms. The number of aliphatic carboxylic acids is 1. The van der Waals surface area contributed by atoms with Gasteiger partial charge < -0.3 is 15.3 Å². The van der Waals surface area contributed by atoms with E-state index in [0.717, 1.165) is 0 Å². The molecule has 0 saturated carbocycles. The minimum Gasteiger partial charge on any atom is -0.480 e. The summed E-state index contributed by atoms with van der Waals surface area (Å²) in [6.45, 7) is 5.12. The highest BCUT2D eigenvalue weighted by molar-refractivity contribution is 7.99. The molecule has 7 heteroatoms. The maximum Gasteiger partial charge on any atom is 0.329 e. The quantitative estimate of drug-likeness (QED) is 0.766. The van der Waals surface area contributed by atoms with Crippen LogP contribution in [0.3, 0.4) is 0 Å². The van der Waals surface area contributed by atoms with Gasteiger partial charge in [-0.2, -0.15) is 0 Å². The Morgan fingerprint density at radius 3 is 2.55 bits per heavy atom. The molecule has 114 valence electrons. The van der Waals surface area contributed by atoms with Crippen molar-refractivity contribution in [1.29, 1.82) is 0 Å². The molecule has 2 amide bonds. The SMILES string of the molecule is CCCC(C)(NC(=O)C1CSCN1C(=O)CC)C(=O)O. The van der Waals surface area contributed by atoms with Crippen molar-refractivity contribution in [1.82, 2.24) is 10.2 Å². The van der Waals surface area contributed by atoms with E-state index in [9.17, 15) is 19.5 Å². The van der Waals surface area contributed by atoms with E-state index in [4.69, 9.17) is 0 Å². The fourth-order valence-electron chi connectivity index (χ4n) is 2.19. The molecule has 1 fully saturated rings. The average molecular weight is 302 g/mol. The lowest BCUT2D eigenvalue weighted by atomic mass is 9.96. The van der Waals surface area contributed by atoms with Crippen LogP contribution in [0, 0.1) is 0 Å². The van der Waals surface area contributed by atoms with Crippen LogP contribution >= 0.6 is 11.8 Å². The fourth-order valence-corrected chi connectivity index (χ4v) is 3.37. The monoisotopic (exact) mass is 302 g/mol. The van der Waals surface area contributed by atoms with E-state index in [1.165, 1.54) is 23.6 Å². The summed E-state index contributed by atoms with van der Waals surface area (Å²) in [4.78, 5) is 36.9. The largest absolute Gasteiger partial charge is 0.480 e. The average Bonchev–Trinajstić information content (AvgIpc) is 2.87. The second kappa shape index (κ2) is 6.97. The van der Waals surface area contributed by atoms with Crippen LogP contribution in [0.25, 0.3) is 0 Å². The van der Waals surface area contributed by atoms with Crippen LogP contribution in [0.15, 0.2) is 0 Å². The molecule has 0 radical (unpaired) electrons. The Balaban J connectivity index is 2.78. The first kappa shape index (κ1) is 16.8. The first-order chi connectivity index (χ1) is 9.35. The van der Waals surface area contributed by atoms with E-state index in [-0.39, 0.29) is 11.8 Å². The maximum absolute atomic E-state index is 12.3. The van der Waals surface area contributed by atoms with Crippen molar-refractivity contribution in [2.45, 2.75) is 51.6 Å². The van der Waals surface area contributed by atoms with Crippen molar-refractivity contribution in [2.24, 2.45) is 0 Å². The Morgan fingerprint density at radius 1 is 1.40 bits per heavy atom. The van der Waals surface area contributed by atoms with Crippen LogP contribution in [-0.4, -0.2) is 51.0 Å². The summed E-state index contributed by atoms with van der Waals surface area (Å²) in [5.74, 6) is -0.508. The minimum absolute atomic E-state index is 0.0809. The second-order valence-electron chi connectivity index (χ2n) is 5.11. The number of carbonyl (C=O) groups excluding carboxylic acids is 2. The van der Waals surface area contributed by atoms with Crippen LogP contribution in [0.2, 0.25) is 0 Å². The molecule has 0 aromatic heterocycles. The minimum atomic E-state index is -1.28. The lowest BCUT2D eigenvalue weighted by molar-refractivity contribution is -0.148. The molecule has 6 nitrogen and oxygen atoms in total. The van der Waals surface area contributed by atoms with Crippen LogP contribution in [0.4, 0.5) is 0 Å². The number of amides is 2. The number of nitrogens with one attached hydrogen (secondary N) is 1. The lowest BCUT2D eigenvalue weighted by Crippen LogP contribution is -2.57. The second-order valence-corrected chi connectivity index (χ2v) is 6.11. The third-order valence-corrected chi connectivity index (χ3v) is 4.44. The molecule has 1 aliphatic rings. The third kappa shape index (κ3) is 3.65. The zero-order valence-electron chi connectivity index (χ0n) is 12.1. The van der Waals surface area contributed by atoms with Crippen LogP contribution in [0.5, 0.6) is 0 Å². The molecule has 2 N–H and O–H groups in total. The Kier molecular flexibility index (Phi) is 5.86. The summed E-state index contributed by atoms with van der Waals surface area (Å²) in [6, 6.07) is -0.567. The highest BCUT2D eigenvalue weighted by atomic mass is 32.2. The van der Waals surface area contributed by atoms with Crippen molar-refractivity contribution >= 4 is 29.5 Å². The van der Waals surface area contributed by atoms with Crippen molar-refractivity contribution in [3.05, 3.63) is 0 Å². The Bertz CT molecular complexity index is 402. The topological polar surface area (TPSA) is 86.7 Å². The predicted octanol–water partition coefficient (Wildman–Crippen LogP) is 1.06. The first-order valence-corrected chi connectivity index (χ1v) is 7.93. The molecule has 1 rings (SSSR count). The van der Waals surface area contributed by atoms with Crippen LogP contribution < -0.4 is 5.32 Å². The number of carbonyl (C=O) groups is 3. The van der Waals surface area contributed by atoms with Gasteiger partial charge >= 0.3 is 5.97 Å². The number of carboxylic acids is 1. The van der Waals surface area contributed by atoms with E-state index in [1.54, 1.807) is 6.92 Å². The summed E-state index contributed by atoms with van der Waals surface area (Å²) in [5, 5.41) is 11.9. The van der Waals surface area contributed by atoms with Crippen molar-refractivity contribution in [3.63, 3.8) is 0 Å². The number of hydrogen-bond donors (Lipinski definition) is 2. The van der Waals surface area contributed by atoms with Gasteiger partial charge in [0.1, 0.15) is 11.6 Å². The van der Waals surface area contributed by atoms with Gasteiger partial charge in [0.05, 0.1) is 5.88 Å². The molecule has 0 aromatic carbocycles. The van der Waals surface area contributed by atoms with Gasteiger partial charge in [-0.25, -0.2) is 4.79 Å². The lowest BCUT2D eigenvalue weighted by Gasteiger charge is -2.29. The molecule has 2 atom stereocenters. The molecule has 2 unspecified atom stereocenters. The highest BCUT2D eigenvalue weighted by Crippen LogP contribution is 2.23. The van der Waals surface area contributed by atoms with E-state index >= 15 is 0 Å². The Hall–Kier alpha value is -1.24. The number of nitrogens with zero attached hydrogens (tertiary/aromatic N) is 1. The molecule has 20 heavy (non-hydrogen) atoms. The molecule has 1 aliphatic heterocycles. The van der Waals surface area contributed by atoms with Gasteiger partial charge in [-0.15, -0.1) is 11.8 Å². The standard InChI is InChI=1S/C13H22N2O4S/c1-4-6-13(3,12(18)19)14-11(17)9-7-20-8-15(9)10(16)5-2/h9H,4-8H2,1-3H3,(H,14,17)(H,18,19). The van der Waals surface area contributed by atoms with E-state index in [0.29, 0.717) is 30.9 Å². The Morgan fingerprint density at radius 2 is 2.05 bits per heavy atom. The van der Waals surface area contributed by atoms with Gasteiger partial charge in [-0.1, -0.05) is 20.3 Å². The summed E-state index contributed by atoms with van der Waals surface area (Å²) < 4.78 is 0. The van der Waals surface area contributed by atoms with E-state index < -0.39 is 17.6 Å². The van der Waals surface area contributed by atoms with Gasteiger partial charge in [0, 0.05) is 12.2 Å². The maximum atomic E-state index is 12.3. The molecule has 1 heterocycles. The zero-order valence-corrected chi connectivity index (χ0v) is 13.0. The first-order valence-electron chi connectivity index (χ1n) is 6.78. The smallest absolute Gasteiger partial charge is 0.329 e. The van der Waals surface area contributed by atoms with Gasteiger partial charge in [0.2, 0.25) is 11.8 Å². The van der Waals surface area contributed by atoms with E-state index in [1.807, 2.05) is 6.92 Å². The van der Waals surface area contributed by atoms with Crippen LogP contribution in [0.1, 0.15) is 40.0 Å². The number of hydrogen-bond acceptors (Lipinski definition) is 4. The van der Waals surface area contributed by atoms with Gasteiger partial charge in [-0.05, 0) is 13.3 Å². The van der Waals surface area contributed by atoms with Gasteiger partial charge in [0.15, 0.2) is 0 Å². The molecular weight excluding hydrogens is 280 g/mol. The summed E-state index contributed by atoms with van der Waals surface area (Å²) in [7, 11) is 0. The summed E-state index contributed by atoms with van der Waals surface area (Å²) in [5.41, 5.74) is -1.28. The van der Waals surface area contributed by atoms with Gasteiger partial charge in [-0.3, -0.25) is 9.59 Å². The third-order valence-electron chi connectivity index (χ3n) is 3.43. The number of rotatable bonds is 6. The number of carboxylic acid groups (broad SMARTS) is 1. The van der Waals surface area contributed by atoms with Crippen molar-refractivity contribution in [2.75, 3.05) is 11.6 Å². The van der Waals surface area contributed by atoms with Crippen molar-refractivity contribution in [3.8, 4) is 0 Å². The summed E-state index contributed by atoms with van der Waals surface area (Å²) in [6.07, 6.45) is 1.35. The number of thioether (sulfide) groups is 1. The van der Waals surface area contributed by atoms with Gasteiger partial charge in [0.25, 0.3) is 0 Å². The molecule has 0 aliphatic carbocycles. The zero-order chi connectivity index (χ0) is 15.3. The normalized spacial score (nSPS) is 21.4. The summed E-state index contributed by atoms with van der Waals surface area (Å²) >= 11 is 1.51.